The molecule has 0 spiro atoms. The number of nitrogens with zero attached hydrogens (tertiary/aromatic N) is 2. The van der Waals surface area contributed by atoms with Crippen LogP contribution >= 0.6 is 11.6 Å². The van der Waals surface area contributed by atoms with E-state index in [-0.39, 0.29) is 24.9 Å². The molecule has 1 aliphatic heterocycles. The summed E-state index contributed by atoms with van der Waals surface area (Å²) in [6, 6.07) is 15.7. The third kappa shape index (κ3) is 4.76. The Kier molecular flexibility index (Phi) is 6.23. The molecule has 1 aliphatic rings. The van der Waals surface area contributed by atoms with E-state index in [1.165, 1.54) is 0 Å². The number of fused-ring (bicyclic) bond motifs is 1. The molecule has 1 amide bonds. The monoisotopic (exact) mass is 425 g/mol. The molecule has 0 aliphatic carbocycles. The molecule has 1 saturated heterocycles. The van der Waals surface area contributed by atoms with Crippen LogP contribution in [-0.4, -0.2) is 54.5 Å². The SMILES string of the molecule is O=C(CCc1c[nH]c2ccccc12)OCC(=O)N1CCN(c2cccc(Cl)c2)CC1. The van der Waals surface area contributed by atoms with Crippen molar-refractivity contribution in [2.75, 3.05) is 37.7 Å². The Morgan fingerprint density at radius 2 is 1.83 bits per heavy atom. The van der Waals surface area contributed by atoms with Crippen molar-refractivity contribution >= 4 is 40.1 Å². The summed E-state index contributed by atoms with van der Waals surface area (Å²) in [6.45, 7) is 2.43. The van der Waals surface area contributed by atoms with Gasteiger partial charge in [-0.05, 0) is 36.2 Å². The molecule has 0 radical (unpaired) electrons. The first-order valence-corrected chi connectivity index (χ1v) is 10.5. The third-order valence-electron chi connectivity index (χ3n) is 5.44. The van der Waals surface area contributed by atoms with Gasteiger partial charge in [0.2, 0.25) is 0 Å². The largest absolute Gasteiger partial charge is 0.456 e. The summed E-state index contributed by atoms with van der Waals surface area (Å²) in [4.78, 5) is 31.7. The van der Waals surface area contributed by atoms with Gasteiger partial charge in [0.25, 0.3) is 5.91 Å². The molecule has 0 bridgehead atoms. The number of aryl methyl sites for hydroxylation is 1. The first-order valence-electron chi connectivity index (χ1n) is 10.1. The van der Waals surface area contributed by atoms with Crippen LogP contribution in [0.1, 0.15) is 12.0 Å². The number of anilines is 1. The van der Waals surface area contributed by atoms with E-state index in [0.29, 0.717) is 24.5 Å². The molecular weight excluding hydrogens is 402 g/mol. The summed E-state index contributed by atoms with van der Waals surface area (Å²) in [5, 5.41) is 1.81. The number of H-pyrrole nitrogens is 1. The third-order valence-corrected chi connectivity index (χ3v) is 5.67. The Hall–Kier alpha value is -2.99. The Morgan fingerprint density at radius 3 is 2.63 bits per heavy atom. The Morgan fingerprint density at radius 1 is 1.03 bits per heavy atom. The molecule has 0 unspecified atom stereocenters. The molecule has 3 aromatic rings. The number of esters is 1. The van der Waals surface area contributed by atoms with Gasteiger partial charge in [0, 0.05) is 60.4 Å². The van der Waals surface area contributed by atoms with Gasteiger partial charge in [-0.1, -0.05) is 35.9 Å². The molecule has 6 nitrogen and oxygen atoms in total. The number of nitrogens with one attached hydrogen (secondary N) is 1. The van der Waals surface area contributed by atoms with Gasteiger partial charge in [-0.15, -0.1) is 0 Å². The number of halogens is 1. The van der Waals surface area contributed by atoms with Crippen LogP contribution in [0.25, 0.3) is 10.9 Å². The molecule has 1 fully saturated rings. The summed E-state index contributed by atoms with van der Waals surface area (Å²) in [5.74, 6) is -0.507. The van der Waals surface area contributed by atoms with E-state index >= 15 is 0 Å². The summed E-state index contributed by atoms with van der Waals surface area (Å²) >= 11 is 6.06. The number of carbonyl (C=O) groups is 2. The zero-order valence-electron chi connectivity index (χ0n) is 16.6. The molecule has 156 valence electrons. The minimum atomic E-state index is -0.355. The second-order valence-corrected chi connectivity index (χ2v) is 7.80. The molecule has 2 heterocycles. The average Bonchev–Trinajstić information content (AvgIpc) is 3.19. The maximum Gasteiger partial charge on any atom is 0.306 e. The van der Waals surface area contributed by atoms with Crippen molar-refractivity contribution in [3.8, 4) is 0 Å². The van der Waals surface area contributed by atoms with Crippen LogP contribution in [0.2, 0.25) is 5.02 Å². The lowest BCUT2D eigenvalue weighted by molar-refractivity contribution is -0.152. The van der Waals surface area contributed by atoms with Gasteiger partial charge in [-0.2, -0.15) is 0 Å². The molecule has 4 rings (SSSR count). The van der Waals surface area contributed by atoms with Crippen LogP contribution < -0.4 is 4.90 Å². The van der Waals surface area contributed by atoms with Crippen LogP contribution in [0.3, 0.4) is 0 Å². The number of para-hydroxylation sites is 1. The number of aromatic nitrogens is 1. The fraction of sp³-hybridized carbons (Fsp3) is 0.304. The summed E-state index contributed by atoms with van der Waals surface area (Å²) in [5.41, 5.74) is 3.18. The normalized spacial score (nSPS) is 14.2. The van der Waals surface area contributed by atoms with Crippen molar-refractivity contribution in [1.29, 1.82) is 0 Å². The van der Waals surface area contributed by atoms with Gasteiger partial charge in [0.1, 0.15) is 0 Å². The predicted molar refractivity (Wildman–Crippen MR) is 118 cm³/mol. The summed E-state index contributed by atoms with van der Waals surface area (Å²) < 4.78 is 5.22. The molecule has 0 atom stereocenters. The van der Waals surface area contributed by atoms with Gasteiger partial charge in [0.05, 0.1) is 0 Å². The van der Waals surface area contributed by atoms with Crippen LogP contribution in [0.15, 0.2) is 54.7 Å². The number of hydrogen-bond acceptors (Lipinski definition) is 4. The van der Waals surface area contributed by atoms with Gasteiger partial charge in [-0.25, -0.2) is 0 Å². The molecule has 30 heavy (non-hydrogen) atoms. The lowest BCUT2D eigenvalue weighted by atomic mass is 10.1. The van der Waals surface area contributed by atoms with Crippen LogP contribution in [0.4, 0.5) is 5.69 Å². The molecule has 1 N–H and O–H groups in total. The lowest BCUT2D eigenvalue weighted by Gasteiger charge is -2.36. The zero-order valence-corrected chi connectivity index (χ0v) is 17.4. The number of piperazine rings is 1. The van der Waals surface area contributed by atoms with Gasteiger partial charge in [0.15, 0.2) is 6.61 Å². The van der Waals surface area contributed by atoms with E-state index in [1.807, 2.05) is 54.7 Å². The Balaban J connectivity index is 1.20. The van der Waals surface area contributed by atoms with E-state index in [1.54, 1.807) is 4.90 Å². The smallest absolute Gasteiger partial charge is 0.306 e. The summed E-state index contributed by atoms with van der Waals surface area (Å²) in [6.07, 6.45) is 2.75. The standard InChI is InChI=1S/C23H24ClN3O3/c24-18-4-3-5-19(14-18)26-10-12-27(13-11-26)22(28)16-30-23(29)9-8-17-15-25-21-7-2-1-6-20(17)21/h1-7,14-15,25H,8-13,16H2. The van der Waals surface area contributed by atoms with Crippen molar-refractivity contribution < 1.29 is 14.3 Å². The lowest BCUT2D eigenvalue weighted by Crippen LogP contribution is -2.49. The highest BCUT2D eigenvalue weighted by atomic mass is 35.5. The fourth-order valence-corrected chi connectivity index (χ4v) is 3.95. The van der Waals surface area contributed by atoms with E-state index in [4.69, 9.17) is 16.3 Å². The molecule has 0 saturated carbocycles. The number of amides is 1. The van der Waals surface area contributed by atoms with Crippen LogP contribution in [0.5, 0.6) is 0 Å². The molecule has 1 aromatic heterocycles. The second-order valence-electron chi connectivity index (χ2n) is 7.37. The minimum absolute atomic E-state index is 0.152. The van der Waals surface area contributed by atoms with Crippen LogP contribution in [0, 0.1) is 0 Å². The van der Waals surface area contributed by atoms with Crippen molar-refractivity contribution in [2.45, 2.75) is 12.8 Å². The maximum absolute atomic E-state index is 12.4. The molecular formula is C23H24ClN3O3. The molecule has 2 aromatic carbocycles. The topological polar surface area (TPSA) is 65.6 Å². The number of aromatic amines is 1. The molecule has 7 heteroatoms. The number of carbonyl (C=O) groups excluding carboxylic acids is 2. The van der Waals surface area contributed by atoms with Crippen molar-refractivity contribution in [2.24, 2.45) is 0 Å². The maximum atomic E-state index is 12.4. The Bertz CT molecular complexity index is 1040. The second kappa shape index (κ2) is 9.22. The van der Waals surface area contributed by atoms with Crippen LogP contribution in [-0.2, 0) is 20.7 Å². The number of ether oxygens (including phenoxy) is 1. The minimum Gasteiger partial charge on any atom is -0.456 e. The van der Waals surface area contributed by atoms with Crippen molar-refractivity contribution in [3.05, 3.63) is 65.3 Å². The highest BCUT2D eigenvalue weighted by molar-refractivity contribution is 6.30. The van der Waals surface area contributed by atoms with Gasteiger partial charge < -0.3 is 19.5 Å². The van der Waals surface area contributed by atoms with Gasteiger partial charge >= 0.3 is 5.97 Å². The van der Waals surface area contributed by atoms with Crippen molar-refractivity contribution in [1.82, 2.24) is 9.88 Å². The van der Waals surface area contributed by atoms with E-state index in [0.717, 1.165) is 35.2 Å². The fourth-order valence-electron chi connectivity index (χ4n) is 3.77. The van der Waals surface area contributed by atoms with Gasteiger partial charge in [-0.3, -0.25) is 9.59 Å². The number of hydrogen-bond donors (Lipinski definition) is 1. The predicted octanol–water partition coefficient (Wildman–Crippen LogP) is 3.65. The average molecular weight is 426 g/mol. The highest BCUT2D eigenvalue weighted by Crippen LogP contribution is 2.21. The quantitative estimate of drug-likeness (QED) is 0.612. The number of benzene rings is 2. The number of rotatable bonds is 6. The van der Waals surface area contributed by atoms with Crippen molar-refractivity contribution in [3.63, 3.8) is 0 Å². The van der Waals surface area contributed by atoms with E-state index < -0.39 is 0 Å². The Labute approximate surface area is 180 Å². The van der Waals surface area contributed by atoms with E-state index in [9.17, 15) is 9.59 Å². The first kappa shape index (κ1) is 20.3. The summed E-state index contributed by atoms with van der Waals surface area (Å²) in [7, 11) is 0. The first-order chi connectivity index (χ1) is 14.6. The van der Waals surface area contributed by atoms with E-state index in [2.05, 4.69) is 9.88 Å². The highest BCUT2D eigenvalue weighted by Gasteiger charge is 2.22. The zero-order chi connectivity index (χ0) is 20.9.